The molecule has 0 saturated heterocycles. The quantitative estimate of drug-likeness (QED) is 0.495. The molecule has 1 saturated carbocycles. The molecule has 0 bridgehead atoms. The van der Waals surface area contributed by atoms with Crippen LogP contribution in [0.3, 0.4) is 0 Å². The Hall–Kier alpha value is -2.60. The molecule has 1 atom stereocenters. The molecule has 1 aliphatic heterocycles. The van der Waals surface area contributed by atoms with E-state index in [9.17, 15) is 14.4 Å². The van der Waals surface area contributed by atoms with E-state index in [2.05, 4.69) is 5.32 Å². The third-order valence-corrected chi connectivity index (χ3v) is 6.43. The second kappa shape index (κ2) is 12.0. The summed E-state index contributed by atoms with van der Waals surface area (Å²) in [4.78, 5) is 38.7. The zero-order chi connectivity index (χ0) is 23.8. The molecule has 1 aromatic carbocycles. The minimum Gasteiger partial charge on any atom is -0.463 e. The predicted octanol–water partition coefficient (Wildman–Crippen LogP) is 5.22. The van der Waals surface area contributed by atoms with Crippen molar-refractivity contribution in [2.75, 3.05) is 13.2 Å². The summed E-state index contributed by atoms with van der Waals surface area (Å²) < 4.78 is 10.6. The fourth-order valence-corrected chi connectivity index (χ4v) is 4.81. The lowest BCUT2D eigenvalue weighted by Gasteiger charge is -2.29. The standard InChI is InChI=1S/C26H32ClNO5/c1-3-32-25(30)20-16-28-21(13-14-22(29)17-9-6-5-7-10-17)24(26(31)33-4-2)23(20)18-11-8-12-19(27)15-18/h8,11-12,15-17,23,28H,3-7,9-10,13-14H2,1-2H3. The molecule has 2 aliphatic rings. The van der Waals surface area contributed by atoms with Crippen molar-refractivity contribution < 1.29 is 23.9 Å². The first-order chi connectivity index (χ1) is 16.0. The van der Waals surface area contributed by atoms with Gasteiger partial charge >= 0.3 is 11.9 Å². The summed E-state index contributed by atoms with van der Waals surface area (Å²) in [7, 11) is 0. The van der Waals surface area contributed by atoms with Gasteiger partial charge in [-0.1, -0.05) is 43.0 Å². The Morgan fingerprint density at radius 2 is 1.73 bits per heavy atom. The molecular weight excluding hydrogens is 442 g/mol. The topological polar surface area (TPSA) is 81.7 Å². The Morgan fingerprint density at radius 3 is 2.39 bits per heavy atom. The number of Topliss-reactive ketones (excluding diaryl/α,β-unsaturated/α-hetero) is 1. The van der Waals surface area contributed by atoms with Crippen LogP contribution in [0, 0.1) is 5.92 Å². The van der Waals surface area contributed by atoms with Crippen molar-refractivity contribution >= 4 is 29.3 Å². The summed E-state index contributed by atoms with van der Waals surface area (Å²) in [6, 6.07) is 7.06. The number of allylic oxidation sites excluding steroid dienone is 1. The van der Waals surface area contributed by atoms with Crippen LogP contribution >= 0.6 is 11.6 Å². The van der Waals surface area contributed by atoms with Gasteiger partial charge in [0.05, 0.1) is 30.3 Å². The van der Waals surface area contributed by atoms with Crippen LogP contribution in [-0.4, -0.2) is 30.9 Å². The molecule has 1 aromatic rings. The van der Waals surface area contributed by atoms with Crippen LogP contribution < -0.4 is 5.32 Å². The maximum Gasteiger partial charge on any atom is 0.336 e. The molecule has 7 heteroatoms. The molecule has 33 heavy (non-hydrogen) atoms. The zero-order valence-electron chi connectivity index (χ0n) is 19.3. The van der Waals surface area contributed by atoms with Gasteiger partial charge in [0.15, 0.2) is 0 Å². The van der Waals surface area contributed by atoms with E-state index in [4.69, 9.17) is 21.1 Å². The van der Waals surface area contributed by atoms with Crippen LogP contribution in [-0.2, 0) is 23.9 Å². The number of hydrogen-bond donors (Lipinski definition) is 1. The summed E-state index contributed by atoms with van der Waals surface area (Å²) in [5, 5.41) is 3.59. The zero-order valence-corrected chi connectivity index (χ0v) is 20.1. The monoisotopic (exact) mass is 473 g/mol. The maximum atomic E-state index is 13.1. The number of ketones is 1. The molecule has 1 aliphatic carbocycles. The van der Waals surface area contributed by atoms with E-state index >= 15 is 0 Å². The molecule has 1 fully saturated rings. The number of halogens is 1. The molecule has 1 N–H and O–H groups in total. The molecule has 1 unspecified atom stereocenters. The second-order valence-corrected chi connectivity index (χ2v) is 8.80. The van der Waals surface area contributed by atoms with E-state index in [0.29, 0.717) is 40.3 Å². The van der Waals surface area contributed by atoms with Crippen molar-refractivity contribution in [3.63, 3.8) is 0 Å². The van der Waals surface area contributed by atoms with Gasteiger partial charge in [-0.3, -0.25) is 4.79 Å². The highest BCUT2D eigenvalue weighted by atomic mass is 35.5. The minimum absolute atomic E-state index is 0.100. The van der Waals surface area contributed by atoms with E-state index in [1.807, 2.05) is 6.07 Å². The van der Waals surface area contributed by atoms with Gasteiger partial charge in [-0.2, -0.15) is 0 Å². The number of benzene rings is 1. The lowest BCUT2D eigenvalue weighted by Crippen LogP contribution is -2.31. The SMILES string of the molecule is CCOC(=O)C1=CNC(CCC(=O)C2CCCCC2)=C(C(=O)OCC)C1c1cccc(Cl)c1. The summed E-state index contributed by atoms with van der Waals surface area (Å²) in [6.07, 6.45) is 7.52. The van der Waals surface area contributed by atoms with Gasteiger partial charge in [-0.15, -0.1) is 0 Å². The van der Waals surface area contributed by atoms with Crippen LogP contribution in [0.15, 0.2) is 47.3 Å². The molecule has 1 heterocycles. The Kier molecular flexibility index (Phi) is 9.12. The van der Waals surface area contributed by atoms with Crippen molar-refractivity contribution in [1.29, 1.82) is 0 Å². The van der Waals surface area contributed by atoms with E-state index in [0.717, 1.165) is 25.7 Å². The van der Waals surface area contributed by atoms with Crippen molar-refractivity contribution in [2.45, 2.75) is 64.7 Å². The predicted molar refractivity (Wildman–Crippen MR) is 127 cm³/mol. The summed E-state index contributed by atoms with van der Waals surface area (Å²) >= 11 is 6.24. The summed E-state index contributed by atoms with van der Waals surface area (Å²) in [5.41, 5.74) is 1.89. The minimum atomic E-state index is -0.706. The van der Waals surface area contributed by atoms with Crippen molar-refractivity contribution in [1.82, 2.24) is 5.32 Å². The average molecular weight is 474 g/mol. The number of esters is 2. The number of dihydropyridines is 1. The molecule has 0 aromatic heterocycles. The van der Waals surface area contributed by atoms with Crippen molar-refractivity contribution in [3.05, 3.63) is 57.9 Å². The van der Waals surface area contributed by atoms with Crippen molar-refractivity contribution in [2.24, 2.45) is 5.92 Å². The summed E-state index contributed by atoms with van der Waals surface area (Å²) in [5.74, 6) is -1.42. The Labute approximate surface area is 200 Å². The molecular formula is C26H32ClNO5. The van der Waals surface area contributed by atoms with Gasteiger partial charge in [0.2, 0.25) is 0 Å². The smallest absolute Gasteiger partial charge is 0.336 e. The highest BCUT2D eigenvalue weighted by Crippen LogP contribution is 2.39. The van der Waals surface area contributed by atoms with Gasteiger partial charge < -0.3 is 14.8 Å². The van der Waals surface area contributed by atoms with Crippen LogP contribution in [0.1, 0.15) is 70.3 Å². The summed E-state index contributed by atoms with van der Waals surface area (Å²) in [6.45, 7) is 3.86. The third-order valence-electron chi connectivity index (χ3n) is 6.20. The molecule has 0 amide bonds. The molecule has 6 nitrogen and oxygen atoms in total. The van der Waals surface area contributed by atoms with Gasteiger partial charge in [-0.25, -0.2) is 9.59 Å². The lowest BCUT2D eigenvalue weighted by molar-refractivity contribution is -0.139. The van der Waals surface area contributed by atoms with E-state index in [1.54, 1.807) is 38.2 Å². The number of hydrogen-bond acceptors (Lipinski definition) is 6. The molecule has 0 spiro atoms. The van der Waals surface area contributed by atoms with Crippen LogP contribution in [0.4, 0.5) is 0 Å². The highest BCUT2D eigenvalue weighted by molar-refractivity contribution is 6.30. The van der Waals surface area contributed by atoms with E-state index < -0.39 is 17.9 Å². The average Bonchev–Trinajstić information content (AvgIpc) is 2.82. The number of rotatable bonds is 9. The van der Waals surface area contributed by atoms with Crippen LogP contribution in [0.5, 0.6) is 0 Å². The van der Waals surface area contributed by atoms with Crippen LogP contribution in [0.2, 0.25) is 5.02 Å². The maximum absolute atomic E-state index is 13.1. The second-order valence-electron chi connectivity index (χ2n) is 8.37. The van der Waals surface area contributed by atoms with Crippen LogP contribution in [0.25, 0.3) is 0 Å². The normalized spacial score (nSPS) is 18.9. The molecule has 0 radical (unpaired) electrons. The number of nitrogens with one attached hydrogen (secondary N) is 1. The number of ether oxygens (including phenoxy) is 2. The number of carbonyl (C=O) groups excluding carboxylic acids is 3. The lowest BCUT2D eigenvalue weighted by atomic mass is 9.80. The fraction of sp³-hybridized carbons (Fsp3) is 0.500. The largest absolute Gasteiger partial charge is 0.463 e. The highest BCUT2D eigenvalue weighted by Gasteiger charge is 2.37. The van der Waals surface area contributed by atoms with E-state index in [-0.39, 0.29) is 24.9 Å². The Balaban J connectivity index is 1.97. The van der Waals surface area contributed by atoms with Crippen molar-refractivity contribution in [3.8, 4) is 0 Å². The molecule has 3 rings (SSSR count). The first-order valence-electron chi connectivity index (χ1n) is 11.8. The van der Waals surface area contributed by atoms with Gasteiger partial charge in [0.1, 0.15) is 5.78 Å². The fourth-order valence-electron chi connectivity index (χ4n) is 4.61. The Morgan fingerprint density at radius 1 is 1.03 bits per heavy atom. The Bertz CT molecular complexity index is 946. The van der Waals surface area contributed by atoms with Gasteiger partial charge in [0.25, 0.3) is 0 Å². The first-order valence-corrected chi connectivity index (χ1v) is 12.2. The van der Waals surface area contributed by atoms with Gasteiger partial charge in [-0.05, 0) is 50.8 Å². The van der Waals surface area contributed by atoms with E-state index in [1.165, 1.54) is 6.42 Å². The third kappa shape index (κ3) is 6.26. The molecule has 178 valence electrons. The van der Waals surface area contributed by atoms with Gasteiger partial charge in [0, 0.05) is 29.3 Å². The number of carbonyl (C=O) groups is 3. The first kappa shape index (κ1) is 25.0.